The van der Waals surface area contributed by atoms with Gasteiger partial charge in [-0.2, -0.15) is 0 Å². The zero-order chi connectivity index (χ0) is 16.1. The molecule has 23 heavy (non-hydrogen) atoms. The summed E-state index contributed by atoms with van der Waals surface area (Å²) in [6.07, 6.45) is 4.85. The fraction of sp³-hybridized carbons (Fsp3) is 0.316. The topological polar surface area (TPSA) is 38.3 Å². The van der Waals surface area contributed by atoms with Gasteiger partial charge < -0.3 is 10.1 Å². The number of carbonyl (C=O) groups excluding carboxylic acids is 1. The van der Waals surface area contributed by atoms with Gasteiger partial charge in [-0.05, 0) is 67.1 Å². The van der Waals surface area contributed by atoms with Crippen LogP contribution in [-0.4, -0.2) is 19.1 Å². The molecule has 0 atom stereocenters. The molecular formula is C19H20ClNO2. The van der Waals surface area contributed by atoms with Crippen molar-refractivity contribution in [3.05, 3.63) is 64.2 Å². The van der Waals surface area contributed by atoms with Crippen LogP contribution in [0.3, 0.4) is 0 Å². The standard InChI is InChI=1S/C19H20ClNO2/c20-17-7-3-6-16(12-17)19(22)21-10-11-23-18-9-8-14-4-1-2-5-15(14)13-18/h3,6-9,12-13H,1-2,4-5,10-11H2,(H,21,22). The molecule has 2 aromatic carbocycles. The Morgan fingerprint density at radius 3 is 2.74 bits per heavy atom. The average Bonchev–Trinajstić information content (AvgIpc) is 2.58. The van der Waals surface area contributed by atoms with Gasteiger partial charge in [-0.1, -0.05) is 23.7 Å². The fourth-order valence-electron chi connectivity index (χ4n) is 2.86. The van der Waals surface area contributed by atoms with Crippen molar-refractivity contribution in [2.75, 3.05) is 13.2 Å². The Kier molecular flexibility index (Phi) is 5.19. The minimum absolute atomic E-state index is 0.137. The normalized spacial score (nSPS) is 13.3. The Balaban J connectivity index is 1.47. The Hall–Kier alpha value is -2.00. The molecule has 1 N–H and O–H groups in total. The van der Waals surface area contributed by atoms with Crippen LogP contribution >= 0.6 is 11.6 Å². The van der Waals surface area contributed by atoms with Gasteiger partial charge >= 0.3 is 0 Å². The van der Waals surface area contributed by atoms with E-state index in [0.29, 0.717) is 23.7 Å². The zero-order valence-electron chi connectivity index (χ0n) is 13.0. The van der Waals surface area contributed by atoms with Gasteiger partial charge in [-0.15, -0.1) is 0 Å². The summed E-state index contributed by atoms with van der Waals surface area (Å²) in [5.41, 5.74) is 3.40. The second kappa shape index (κ2) is 7.51. The van der Waals surface area contributed by atoms with Crippen molar-refractivity contribution in [3.8, 4) is 5.75 Å². The minimum Gasteiger partial charge on any atom is -0.492 e. The van der Waals surface area contributed by atoms with Crippen LogP contribution in [0.1, 0.15) is 34.3 Å². The first-order chi connectivity index (χ1) is 11.2. The van der Waals surface area contributed by atoms with E-state index in [1.807, 2.05) is 6.07 Å². The number of halogens is 1. The highest BCUT2D eigenvalue weighted by molar-refractivity contribution is 6.30. The van der Waals surface area contributed by atoms with E-state index in [1.165, 1.54) is 30.4 Å². The molecule has 0 saturated heterocycles. The molecule has 3 rings (SSSR count). The molecule has 0 fully saturated rings. The van der Waals surface area contributed by atoms with E-state index < -0.39 is 0 Å². The lowest BCUT2D eigenvalue weighted by Crippen LogP contribution is -2.28. The number of nitrogens with one attached hydrogen (secondary N) is 1. The SMILES string of the molecule is O=C(NCCOc1ccc2c(c1)CCCC2)c1cccc(Cl)c1. The predicted molar refractivity (Wildman–Crippen MR) is 92.4 cm³/mol. The van der Waals surface area contributed by atoms with Gasteiger partial charge in [-0.25, -0.2) is 0 Å². The molecule has 2 aromatic rings. The quantitative estimate of drug-likeness (QED) is 0.841. The molecule has 1 aliphatic carbocycles. The maximum absolute atomic E-state index is 12.0. The number of fused-ring (bicyclic) bond motifs is 1. The summed E-state index contributed by atoms with van der Waals surface area (Å²) in [5.74, 6) is 0.740. The molecule has 0 aliphatic heterocycles. The minimum atomic E-state index is -0.137. The van der Waals surface area contributed by atoms with Gasteiger partial charge in [0.15, 0.2) is 0 Å². The third kappa shape index (κ3) is 4.26. The van der Waals surface area contributed by atoms with Gasteiger partial charge in [0, 0.05) is 10.6 Å². The summed E-state index contributed by atoms with van der Waals surface area (Å²) in [6, 6.07) is 13.2. The third-order valence-corrected chi connectivity index (χ3v) is 4.30. The number of amides is 1. The summed E-state index contributed by atoms with van der Waals surface area (Å²) in [7, 11) is 0. The van der Waals surface area contributed by atoms with Crippen LogP contribution in [-0.2, 0) is 12.8 Å². The number of carbonyl (C=O) groups is 1. The van der Waals surface area contributed by atoms with Crippen LogP contribution in [0.25, 0.3) is 0 Å². The lowest BCUT2D eigenvalue weighted by molar-refractivity contribution is 0.0947. The summed E-state index contributed by atoms with van der Waals surface area (Å²) in [4.78, 5) is 12.0. The molecule has 0 unspecified atom stereocenters. The maximum Gasteiger partial charge on any atom is 0.251 e. The van der Waals surface area contributed by atoms with Crippen molar-refractivity contribution in [1.82, 2.24) is 5.32 Å². The van der Waals surface area contributed by atoms with Gasteiger partial charge in [0.25, 0.3) is 5.91 Å². The Morgan fingerprint density at radius 1 is 1.09 bits per heavy atom. The van der Waals surface area contributed by atoms with Crippen molar-refractivity contribution in [2.45, 2.75) is 25.7 Å². The van der Waals surface area contributed by atoms with E-state index in [9.17, 15) is 4.79 Å². The maximum atomic E-state index is 12.0. The fourth-order valence-corrected chi connectivity index (χ4v) is 3.06. The van der Waals surface area contributed by atoms with Gasteiger partial charge in [-0.3, -0.25) is 4.79 Å². The first-order valence-electron chi connectivity index (χ1n) is 8.01. The second-order valence-electron chi connectivity index (χ2n) is 5.75. The molecule has 0 spiro atoms. The first kappa shape index (κ1) is 15.9. The average molecular weight is 330 g/mol. The summed E-state index contributed by atoms with van der Waals surface area (Å²) < 4.78 is 5.74. The molecule has 0 radical (unpaired) electrons. The number of hydrogen-bond acceptors (Lipinski definition) is 2. The van der Waals surface area contributed by atoms with E-state index in [0.717, 1.165) is 12.2 Å². The van der Waals surface area contributed by atoms with Crippen LogP contribution in [0.4, 0.5) is 0 Å². The first-order valence-corrected chi connectivity index (χ1v) is 8.38. The van der Waals surface area contributed by atoms with Gasteiger partial charge in [0.1, 0.15) is 12.4 Å². The van der Waals surface area contributed by atoms with Crippen LogP contribution < -0.4 is 10.1 Å². The second-order valence-corrected chi connectivity index (χ2v) is 6.19. The summed E-state index contributed by atoms with van der Waals surface area (Å²) in [6.45, 7) is 0.910. The molecule has 1 amide bonds. The van der Waals surface area contributed by atoms with E-state index in [-0.39, 0.29) is 5.91 Å². The molecular weight excluding hydrogens is 310 g/mol. The molecule has 1 aliphatic rings. The van der Waals surface area contributed by atoms with Crippen LogP contribution in [0.15, 0.2) is 42.5 Å². The molecule has 0 saturated carbocycles. The zero-order valence-corrected chi connectivity index (χ0v) is 13.7. The van der Waals surface area contributed by atoms with Crippen molar-refractivity contribution in [3.63, 3.8) is 0 Å². The highest BCUT2D eigenvalue weighted by Gasteiger charge is 2.10. The van der Waals surface area contributed by atoms with E-state index in [2.05, 4.69) is 17.4 Å². The summed E-state index contributed by atoms with van der Waals surface area (Å²) in [5, 5.41) is 3.39. The molecule has 0 heterocycles. The Bertz CT molecular complexity index is 700. The number of benzene rings is 2. The lowest BCUT2D eigenvalue weighted by Gasteiger charge is -2.17. The van der Waals surface area contributed by atoms with Crippen LogP contribution in [0, 0.1) is 0 Å². The van der Waals surface area contributed by atoms with E-state index in [4.69, 9.17) is 16.3 Å². The van der Waals surface area contributed by atoms with Crippen molar-refractivity contribution in [2.24, 2.45) is 0 Å². The smallest absolute Gasteiger partial charge is 0.251 e. The Labute approximate surface area is 141 Å². The van der Waals surface area contributed by atoms with Gasteiger partial charge in [0.05, 0.1) is 6.54 Å². The summed E-state index contributed by atoms with van der Waals surface area (Å²) >= 11 is 5.88. The van der Waals surface area contributed by atoms with Crippen molar-refractivity contribution >= 4 is 17.5 Å². The number of hydrogen-bond donors (Lipinski definition) is 1. The molecule has 0 aromatic heterocycles. The monoisotopic (exact) mass is 329 g/mol. The molecule has 4 heteroatoms. The van der Waals surface area contributed by atoms with E-state index >= 15 is 0 Å². The van der Waals surface area contributed by atoms with Crippen LogP contribution in [0.5, 0.6) is 5.75 Å². The molecule has 0 bridgehead atoms. The van der Waals surface area contributed by atoms with E-state index in [1.54, 1.807) is 24.3 Å². The highest BCUT2D eigenvalue weighted by atomic mass is 35.5. The molecule has 3 nitrogen and oxygen atoms in total. The molecule has 120 valence electrons. The van der Waals surface area contributed by atoms with Crippen molar-refractivity contribution in [1.29, 1.82) is 0 Å². The van der Waals surface area contributed by atoms with Gasteiger partial charge in [0.2, 0.25) is 0 Å². The number of rotatable bonds is 5. The van der Waals surface area contributed by atoms with Crippen LogP contribution in [0.2, 0.25) is 5.02 Å². The number of ether oxygens (including phenoxy) is 1. The Morgan fingerprint density at radius 2 is 1.91 bits per heavy atom. The van der Waals surface area contributed by atoms with Crippen molar-refractivity contribution < 1.29 is 9.53 Å². The predicted octanol–water partition coefficient (Wildman–Crippen LogP) is 4.03. The largest absolute Gasteiger partial charge is 0.492 e. The number of aryl methyl sites for hydroxylation is 2. The lowest BCUT2D eigenvalue weighted by atomic mass is 9.92. The highest BCUT2D eigenvalue weighted by Crippen LogP contribution is 2.25. The third-order valence-electron chi connectivity index (χ3n) is 4.06.